The standard InChI is InChI=1S/C13H14F3N3OS/c1-2-17-11(20)18-12-19(6-7-21-12)10-5-3-4-9(8-10)13(14,15)16/h3-5,8H,2,6-7H2,1H3,(H,17,20). The van der Waals surface area contributed by atoms with Gasteiger partial charge in [0.05, 0.1) is 5.56 Å². The summed E-state index contributed by atoms with van der Waals surface area (Å²) in [5, 5.41) is 2.95. The van der Waals surface area contributed by atoms with Gasteiger partial charge in [-0.05, 0) is 25.1 Å². The number of anilines is 1. The van der Waals surface area contributed by atoms with Gasteiger partial charge in [-0.25, -0.2) is 4.79 Å². The van der Waals surface area contributed by atoms with Crippen molar-refractivity contribution in [2.24, 2.45) is 4.99 Å². The molecule has 0 spiro atoms. The number of amidine groups is 1. The Labute approximate surface area is 124 Å². The molecule has 21 heavy (non-hydrogen) atoms. The van der Waals surface area contributed by atoms with Crippen LogP contribution in [0, 0.1) is 0 Å². The molecular formula is C13H14F3N3OS. The molecule has 0 unspecified atom stereocenters. The van der Waals surface area contributed by atoms with E-state index in [1.165, 1.54) is 17.8 Å². The first-order valence-corrected chi connectivity index (χ1v) is 7.34. The number of hydrogen-bond donors (Lipinski definition) is 1. The number of hydrogen-bond acceptors (Lipinski definition) is 2. The summed E-state index contributed by atoms with van der Waals surface area (Å²) in [5.74, 6) is 0.675. The Morgan fingerprint density at radius 2 is 2.24 bits per heavy atom. The van der Waals surface area contributed by atoms with E-state index in [9.17, 15) is 18.0 Å². The van der Waals surface area contributed by atoms with Crippen LogP contribution in [-0.2, 0) is 6.18 Å². The third kappa shape index (κ3) is 3.90. The maximum atomic E-state index is 12.7. The Morgan fingerprint density at radius 3 is 2.90 bits per heavy atom. The van der Waals surface area contributed by atoms with Crippen LogP contribution in [0.15, 0.2) is 29.3 Å². The van der Waals surface area contributed by atoms with Crippen LogP contribution >= 0.6 is 11.8 Å². The van der Waals surface area contributed by atoms with Crippen molar-refractivity contribution in [1.82, 2.24) is 5.32 Å². The molecule has 0 aliphatic carbocycles. The van der Waals surface area contributed by atoms with E-state index in [0.29, 0.717) is 29.7 Å². The second kappa shape index (κ2) is 6.38. The second-order valence-corrected chi connectivity index (χ2v) is 5.34. The van der Waals surface area contributed by atoms with Gasteiger partial charge in [-0.1, -0.05) is 17.8 Å². The van der Waals surface area contributed by atoms with Crippen LogP contribution in [0.1, 0.15) is 12.5 Å². The van der Waals surface area contributed by atoms with Crippen LogP contribution in [0.5, 0.6) is 0 Å². The summed E-state index contributed by atoms with van der Waals surface area (Å²) in [6.45, 7) is 2.73. The van der Waals surface area contributed by atoms with Gasteiger partial charge in [-0.15, -0.1) is 0 Å². The number of amides is 2. The molecule has 1 N–H and O–H groups in total. The quantitative estimate of drug-likeness (QED) is 0.910. The normalized spacial score (nSPS) is 17.3. The molecular weight excluding hydrogens is 303 g/mol. The first-order valence-electron chi connectivity index (χ1n) is 6.36. The number of nitrogens with zero attached hydrogens (tertiary/aromatic N) is 2. The summed E-state index contributed by atoms with van der Waals surface area (Å²) in [6, 6.07) is 4.53. The Balaban J connectivity index is 2.26. The predicted octanol–water partition coefficient (Wildman–Crippen LogP) is 3.34. The summed E-state index contributed by atoms with van der Waals surface area (Å²) < 4.78 is 38.2. The van der Waals surface area contributed by atoms with Gasteiger partial charge in [0.1, 0.15) is 0 Å². The van der Waals surface area contributed by atoms with Gasteiger partial charge in [0.15, 0.2) is 5.17 Å². The largest absolute Gasteiger partial charge is 0.416 e. The smallest absolute Gasteiger partial charge is 0.336 e. The fraction of sp³-hybridized carbons (Fsp3) is 0.385. The molecule has 0 radical (unpaired) electrons. The minimum atomic E-state index is -4.39. The molecule has 114 valence electrons. The number of aliphatic imine (C=N–C) groups is 1. The van der Waals surface area contributed by atoms with E-state index in [0.717, 1.165) is 12.1 Å². The number of carbonyl (C=O) groups is 1. The van der Waals surface area contributed by atoms with Crippen molar-refractivity contribution in [1.29, 1.82) is 0 Å². The van der Waals surface area contributed by atoms with Crippen LogP contribution in [0.4, 0.5) is 23.7 Å². The monoisotopic (exact) mass is 317 g/mol. The van der Waals surface area contributed by atoms with Gasteiger partial charge in [-0.3, -0.25) is 0 Å². The Kier molecular flexibility index (Phi) is 4.76. The highest BCUT2D eigenvalue weighted by atomic mass is 32.2. The summed E-state index contributed by atoms with van der Waals surface area (Å²) in [6.07, 6.45) is -4.39. The van der Waals surface area contributed by atoms with Crippen LogP contribution in [0.3, 0.4) is 0 Å². The zero-order chi connectivity index (χ0) is 15.5. The zero-order valence-corrected chi connectivity index (χ0v) is 12.1. The molecule has 0 bridgehead atoms. The molecule has 0 aromatic heterocycles. The first-order chi connectivity index (χ1) is 9.91. The number of thioether (sulfide) groups is 1. The highest BCUT2D eigenvalue weighted by molar-refractivity contribution is 8.14. The molecule has 0 saturated carbocycles. The predicted molar refractivity (Wildman–Crippen MR) is 77.8 cm³/mol. The van der Waals surface area contributed by atoms with Gasteiger partial charge < -0.3 is 10.2 Å². The summed E-state index contributed by atoms with van der Waals surface area (Å²) in [4.78, 5) is 17.0. The van der Waals surface area contributed by atoms with Crippen LogP contribution in [0.2, 0.25) is 0 Å². The van der Waals surface area contributed by atoms with Crippen LogP contribution in [0.25, 0.3) is 0 Å². The van der Waals surface area contributed by atoms with Gasteiger partial charge >= 0.3 is 12.2 Å². The lowest BCUT2D eigenvalue weighted by molar-refractivity contribution is -0.137. The van der Waals surface area contributed by atoms with E-state index in [-0.39, 0.29) is 0 Å². The number of halogens is 3. The fourth-order valence-corrected chi connectivity index (χ4v) is 2.82. The number of benzene rings is 1. The second-order valence-electron chi connectivity index (χ2n) is 4.28. The maximum absolute atomic E-state index is 12.7. The highest BCUT2D eigenvalue weighted by Gasteiger charge is 2.31. The number of nitrogens with one attached hydrogen (secondary N) is 1. The molecule has 2 rings (SSSR count). The first kappa shape index (κ1) is 15.7. The van der Waals surface area contributed by atoms with E-state index in [2.05, 4.69) is 10.3 Å². The minimum absolute atomic E-state index is 0.387. The molecule has 0 atom stereocenters. The molecule has 1 aromatic carbocycles. The molecule has 1 fully saturated rings. The summed E-state index contributed by atoms with van der Waals surface area (Å²) in [5.41, 5.74) is -0.327. The Hall–Kier alpha value is -1.70. The fourth-order valence-electron chi connectivity index (χ4n) is 1.86. The Bertz CT molecular complexity index is 560. The van der Waals surface area contributed by atoms with E-state index < -0.39 is 17.8 Å². The molecule has 1 saturated heterocycles. The number of carbonyl (C=O) groups excluding carboxylic acids is 1. The van der Waals surface area contributed by atoms with Crippen LogP contribution < -0.4 is 10.2 Å². The molecule has 1 aliphatic rings. The lowest BCUT2D eigenvalue weighted by Gasteiger charge is -2.19. The third-order valence-electron chi connectivity index (χ3n) is 2.79. The molecule has 1 aliphatic heterocycles. The van der Waals surface area contributed by atoms with Gasteiger partial charge in [0.2, 0.25) is 0 Å². The number of urea groups is 1. The molecule has 8 heteroatoms. The van der Waals surface area contributed by atoms with E-state index in [1.54, 1.807) is 17.9 Å². The van der Waals surface area contributed by atoms with Crippen molar-refractivity contribution >= 4 is 28.6 Å². The van der Waals surface area contributed by atoms with Crippen molar-refractivity contribution in [3.8, 4) is 0 Å². The summed E-state index contributed by atoms with van der Waals surface area (Å²) >= 11 is 1.35. The van der Waals surface area contributed by atoms with Crippen molar-refractivity contribution in [2.45, 2.75) is 13.1 Å². The zero-order valence-electron chi connectivity index (χ0n) is 11.3. The summed E-state index contributed by atoms with van der Waals surface area (Å²) in [7, 11) is 0. The van der Waals surface area contributed by atoms with Gasteiger partial charge in [0.25, 0.3) is 0 Å². The van der Waals surface area contributed by atoms with Crippen molar-refractivity contribution in [2.75, 3.05) is 23.7 Å². The lowest BCUT2D eigenvalue weighted by Crippen LogP contribution is -2.27. The van der Waals surface area contributed by atoms with E-state index in [1.807, 2.05) is 0 Å². The number of alkyl halides is 3. The SMILES string of the molecule is CCNC(=O)N=C1SCCN1c1cccc(C(F)(F)F)c1. The van der Waals surface area contributed by atoms with Crippen molar-refractivity contribution < 1.29 is 18.0 Å². The highest BCUT2D eigenvalue weighted by Crippen LogP contribution is 2.33. The van der Waals surface area contributed by atoms with Gasteiger partial charge in [-0.2, -0.15) is 18.2 Å². The number of rotatable bonds is 2. The average Bonchev–Trinajstić information content (AvgIpc) is 2.86. The van der Waals surface area contributed by atoms with Crippen molar-refractivity contribution in [3.63, 3.8) is 0 Å². The average molecular weight is 317 g/mol. The third-order valence-corrected chi connectivity index (χ3v) is 3.74. The molecule has 2 amide bonds. The molecule has 1 aromatic rings. The van der Waals surface area contributed by atoms with Crippen molar-refractivity contribution in [3.05, 3.63) is 29.8 Å². The van der Waals surface area contributed by atoms with Gasteiger partial charge in [0, 0.05) is 24.5 Å². The van der Waals surface area contributed by atoms with E-state index in [4.69, 9.17) is 0 Å². The van der Waals surface area contributed by atoms with Crippen LogP contribution in [-0.4, -0.2) is 30.0 Å². The Morgan fingerprint density at radius 1 is 1.48 bits per heavy atom. The molecule has 1 heterocycles. The maximum Gasteiger partial charge on any atom is 0.416 e. The molecule has 4 nitrogen and oxygen atoms in total. The lowest BCUT2D eigenvalue weighted by atomic mass is 10.2. The minimum Gasteiger partial charge on any atom is -0.336 e. The van der Waals surface area contributed by atoms with E-state index >= 15 is 0 Å². The topological polar surface area (TPSA) is 44.7 Å².